The van der Waals surface area contributed by atoms with E-state index in [1.807, 2.05) is 97.1 Å². The zero-order valence-corrected chi connectivity index (χ0v) is 31.7. The van der Waals surface area contributed by atoms with Gasteiger partial charge in [0.15, 0.2) is 0 Å². The first kappa shape index (κ1) is 35.2. The van der Waals surface area contributed by atoms with Crippen molar-refractivity contribution in [1.29, 1.82) is 0 Å². The molecule has 0 aliphatic carbocycles. The van der Waals surface area contributed by atoms with Gasteiger partial charge in [-0.3, -0.25) is 0 Å². The van der Waals surface area contributed by atoms with Crippen molar-refractivity contribution in [3.8, 4) is 44.5 Å². The first-order valence-electron chi connectivity index (χ1n) is 16.6. The van der Waals surface area contributed by atoms with E-state index in [9.17, 15) is 0 Å². The Hall–Kier alpha value is -4.84. The third-order valence-corrected chi connectivity index (χ3v) is 10.3. The van der Waals surface area contributed by atoms with Crippen LogP contribution in [0.4, 0.5) is 0 Å². The maximum Gasteiger partial charge on any atom is 3.00 e. The molecule has 0 unspecified atom stereocenters. The minimum absolute atomic E-state index is 0. The van der Waals surface area contributed by atoms with Crippen LogP contribution in [0.25, 0.3) is 90.9 Å². The molecule has 3 aromatic heterocycles. The Bertz CT molecular complexity index is 2370. The molecule has 4 aromatic carbocycles. The molecule has 8 bridgehead atoms. The average molecular weight is 808 g/mol. The molecule has 0 fully saturated rings. The van der Waals surface area contributed by atoms with Crippen molar-refractivity contribution in [2.24, 2.45) is 0 Å². The first-order chi connectivity index (χ1) is 25.4. The van der Waals surface area contributed by atoms with Crippen LogP contribution < -0.4 is 0 Å². The topological polar surface area (TPSA) is 57.4 Å². The summed E-state index contributed by atoms with van der Waals surface area (Å²) in [5.74, 6) is 0. The zero-order chi connectivity index (χ0) is 35.3. The van der Waals surface area contributed by atoms with Gasteiger partial charge in [0.1, 0.15) is 0 Å². The van der Waals surface area contributed by atoms with Crippen molar-refractivity contribution in [2.45, 2.75) is 0 Å². The van der Waals surface area contributed by atoms with Gasteiger partial charge in [-0.05, 0) is 119 Å². The summed E-state index contributed by atoms with van der Waals surface area (Å²) in [6.07, 6.45) is 8.27. The molecule has 0 atom stereocenters. The van der Waals surface area contributed by atoms with Crippen LogP contribution in [-0.2, 0) is 17.1 Å². The van der Waals surface area contributed by atoms with Crippen molar-refractivity contribution in [1.82, 2.24) is 19.9 Å². The number of nitrogens with zero attached hydrogens (tertiary/aromatic N) is 2. The maximum atomic E-state index is 6.37. The minimum atomic E-state index is 0. The van der Waals surface area contributed by atoms with E-state index >= 15 is 0 Å². The fraction of sp³-hybridized carbons (Fsp3) is 0. The van der Waals surface area contributed by atoms with Gasteiger partial charge in [-0.2, -0.15) is 0 Å². The molecule has 9 rings (SSSR count). The summed E-state index contributed by atoms with van der Waals surface area (Å²) in [4.78, 5) is 18.1. The molecule has 2 aliphatic heterocycles. The Balaban J connectivity index is 0.00000400. The van der Waals surface area contributed by atoms with Crippen LogP contribution in [-0.4, -0.2) is 19.9 Å². The van der Waals surface area contributed by atoms with Crippen LogP contribution in [0.15, 0.2) is 121 Å². The summed E-state index contributed by atoms with van der Waals surface area (Å²) in [7, 11) is 0. The number of benzene rings is 4. The van der Waals surface area contributed by atoms with Crippen LogP contribution in [0.1, 0.15) is 22.8 Å². The summed E-state index contributed by atoms with van der Waals surface area (Å²) < 4.78 is 0. The van der Waals surface area contributed by atoms with Crippen molar-refractivity contribution in [3.05, 3.63) is 164 Å². The molecule has 2 N–H and O–H groups in total. The molecular formula is C44H26Cl4FeN4+3. The summed E-state index contributed by atoms with van der Waals surface area (Å²) in [6.45, 7) is 0. The van der Waals surface area contributed by atoms with E-state index in [2.05, 4.69) is 58.5 Å². The van der Waals surface area contributed by atoms with Gasteiger partial charge in [0.25, 0.3) is 0 Å². The van der Waals surface area contributed by atoms with E-state index in [0.717, 1.165) is 89.4 Å². The molecule has 53 heavy (non-hydrogen) atoms. The maximum absolute atomic E-state index is 6.37. The monoisotopic (exact) mass is 806 g/mol. The Morgan fingerprint density at radius 2 is 0.509 bits per heavy atom. The van der Waals surface area contributed by atoms with Gasteiger partial charge < -0.3 is 9.97 Å². The quantitative estimate of drug-likeness (QED) is 0.174. The number of hydrogen-bond acceptors (Lipinski definition) is 2. The molecule has 9 heteroatoms. The number of aromatic amines is 2. The largest absolute Gasteiger partial charge is 3.00 e. The van der Waals surface area contributed by atoms with Crippen molar-refractivity contribution in [3.63, 3.8) is 0 Å². The first-order valence-corrected chi connectivity index (χ1v) is 18.1. The van der Waals surface area contributed by atoms with Crippen molar-refractivity contribution < 1.29 is 17.1 Å². The molecule has 0 amide bonds. The van der Waals surface area contributed by atoms with E-state index in [-0.39, 0.29) is 17.1 Å². The zero-order valence-electron chi connectivity index (χ0n) is 27.6. The van der Waals surface area contributed by atoms with Gasteiger partial charge in [-0.15, -0.1) is 0 Å². The molecule has 2 aliphatic rings. The second kappa shape index (κ2) is 14.5. The number of hydrogen-bond donors (Lipinski definition) is 2. The summed E-state index contributed by atoms with van der Waals surface area (Å²) in [6, 6.07) is 39.8. The normalized spacial score (nSPS) is 11.8. The number of aromatic nitrogens is 4. The van der Waals surface area contributed by atoms with Crippen LogP contribution in [0.3, 0.4) is 0 Å². The van der Waals surface area contributed by atoms with Gasteiger partial charge in [-0.25, -0.2) is 9.97 Å². The third-order valence-electron chi connectivity index (χ3n) is 9.29. The number of halogens is 4. The average Bonchev–Trinajstić information content (AvgIpc) is 3.99. The fourth-order valence-electron chi connectivity index (χ4n) is 6.89. The SMILES string of the molecule is Clc1ccc(-c2c3nc(c(-c4ccc(Cl)cc4)c4ccc([nH]4)c(-c4ccc(Cl)cc4)c4nc(c(-c5ccc(Cl)cc5)c5ccc2[nH]5)C=C4)C=C3)cc1.[Fe+3]. The standard InChI is InChI=1S/C44H26Cl4N4.Fe/c45-29-9-1-25(2-10-29)41-33-17-19-35(49-33)42(26-3-11-30(46)12-4-26)37-21-23-39(51-37)44(28-7-15-32(48)16-8-28)40-24-22-38(52-40)43(36-20-18-34(41)50-36)27-5-13-31(47)14-6-27;/h1-24,49,52H;/q;+3. The summed E-state index contributed by atoms with van der Waals surface area (Å²) in [5.41, 5.74) is 14.5. The molecule has 7 aromatic rings. The third kappa shape index (κ3) is 6.77. The minimum Gasteiger partial charge on any atom is -0.354 e. The number of fused-ring (bicyclic) bond motifs is 8. The van der Waals surface area contributed by atoms with Crippen LogP contribution in [0, 0.1) is 0 Å². The Labute approximate surface area is 336 Å². The molecule has 4 nitrogen and oxygen atoms in total. The van der Waals surface area contributed by atoms with Crippen LogP contribution in [0.5, 0.6) is 0 Å². The smallest absolute Gasteiger partial charge is 0.354 e. The van der Waals surface area contributed by atoms with E-state index in [1.165, 1.54) is 0 Å². The summed E-state index contributed by atoms with van der Waals surface area (Å²) in [5, 5.41) is 2.64. The Morgan fingerprint density at radius 1 is 0.302 bits per heavy atom. The summed E-state index contributed by atoms with van der Waals surface area (Å²) >= 11 is 25.5. The molecule has 1 radical (unpaired) electrons. The Morgan fingerprint density at radius 3 is 0.717 bits per heavy atom. The van der Waals surface area contributed by atoms with Crippen LogP contribution in [0.2, 0.25) is 20.1 Å². The van der Waals surface area contributed by atoms with Gasteiger partial charge in [-0.1, -0.05) is 94.9 Å². The predicted molar refractivity (Wildman–Crippen MR) is 221 cm³/mol. The van der Waals surface area contributed by atoms with Gasteiger partial charge in [0.2, 0.25) is 0 Å². The molecule has 0 saturated carbocycles. The van der Waals surface area contributed by atoms with E-state index < -0.39 is 0 Å². The molecule has 0 saturated heterocycles. The number of nitrogens with one attached hydrogen (secondary N) is 2. The fourth-order valence-corrected chi connectivity index (χ4v) is 7.39. The van der Waals surface area contributed by atoms with E-state index in [4.69, 9.17) is 56.4 Å². The molecule has 5 heterocycles. The van der Waals surface area contributed by atoms with Gasteiger partial charge in [0.05, 0.1) is 22.8 Å². The van der Waals surface area contributed by atoms with Crippen LogP contribution >= 0.6 is 46.4 Å². The van der Waals surface area contributed by atoms with Crippen molar-refractivity contribution >= 4 is 92.8 Å². The second-order valence-electron chi connectivity index (χ2n) is 12.5. The molecular weight excluding hydrogens is 782 g/mol. The van der Waals surface area contributed by atoms with Gasteiger partial charge in [0, 0.05) is 64.4 Å². The number of H-pyrrole nitrogens is 2. The predicted octanol–water partition coefficient (Wildman–Crippen LogP) is 13.9. The molecule has 0 spiro atoms. The number of rotatable bonds is 4. The van der Waals surface area contributed by atoms with Crippen molar-refractivity contribution in [2.75, 3.05) is 0 Å². The Kier molecular flexibility index (Phi) is 9.65. The van der Waals surface area contributed by atoms with E-state index in [1.54, 1.807) is 0 Å². The second-order valence-corrected chi connectivity index (χ2v) is 14.3. The van der Waals surface area contributed by atoms with Gasteiger partial charge >= 0.3 is 17.1 Å². The molecule has 255 valence electrons. The van der Waals surface area contributed by atoms with E-state index in [0.29, 0.717) is 20.1 Å².